The zero-order chi connectivity index (χ0) is 14.2. The van der Waals surface area contributed by atoms with Gasteiger partial charge >= 0.3 is 0 Å². The van der Waals surface area contributed by atoms with Gasteiger partial charge in [-0.15, -0.1) is 14.8 Å². The van der Waals surface area contributed by atoms with Crippen LogP contribution in [-0.4, -0.2) is 35.2 Å². The lowest BCUT2D eigenvalue weighted by Crippen LogP contribution is -2.05. The number of nitrogens with zero attached hydrogens (tertiary/aromatic N) is 6. The predicted octanol–water partition coefficient (Wildman–Crippen LogP) is 1.32. The zero-order valence-corrected chi connectivity index (χ0v) is 11.3. The van der Waals surface area contributed by atoms with Gasteiger partial charge in [-0.1, -0.05) is 12.1 Å². The maximum absolute atomic E-state index is 4.59. The standard InChI is InChI=1S/C13H12N8/c1-8-3-2-4-9-13(8)16-11(15-9)7-14-10-5-6-12-17-19-20-21(12)18-10/h2-6H,7H2,1H3,(H,14,18)(H,15,16). The first-order valence-electron chi connectivity index (χ1n) is 6.53. The van der Waals surface area contributed by atoms with Crippen molar-refractivity contribution in [3.8, 4) is 0 Å². The third-order valence-electron chi connectivity index (χ3n) is 3.27. The van der Waals surface area contributed by atoms with Gasteiger partial charge in [0.1, 0.15) is 11.6 Å². The summed E-state index contributed by atoms with van der Waals surface area (Å²) >= 11 is 0. The highest BCUT2D eigenvalue weighted by Crippen LogP contribution is 2.16. The number of aromatic amines is 1. The SMILES string of the molecule is Cc1cccc2[nH]c(CNc3ccc4nnnn4n3)nc12. The van der Waals surface area contributed by atoms with Crippen molar-refractivity contribution in [3.05, 3.63) is 41.7 Å². The predicted molar refractivity (Wildman–Crippen MR) is 76.7 cm³/mol. The Balaban J connectivity index is 1.58. The summed E-state index contributed by atoms with van der Waals surface area (Å²) in [7, 11) is 0. The van der Waals surface area contributed by atoms with E-state index in [1.54, 1.807) is 6.07 Å². The summed E-state index contributed by atoms with van der Waals surface area (Å²) in [5.74, 6) is 1.55. The average Bonchev–Trinajstić information content (AvgIpc) is 3.11. The van der Waals surface area contributed by atoms with E-state index in [4.69, 9.17) is 0 Å². The van der Waals surface area contributed by atoms with Crippen molar-refractivity contribution >= 4 is 22.5 Å². The Labute approximate surface area is 119 Å². The molecule has 0 aliphatic carbocycles. The highest BCUT2D eigenvalue weighted by molar-refractivity contribution is 5.78. The van der Waals surface area contributed by atoms with Crippen LogP contribution in [0.3, 0.4) is 0 Å². The fourth-order valence-electron chi connectivity index (χ4n) is 2.23. The van der Waals surface area contributed by atoms with Crippen molar-refractivity contribution in [2.75, 3.05) is 5.32 Å². The number of benzene rings is 1. The number of imidazole rings is 1. The Hall–Kier alpha value is -3.03. The third kappa shape index (κ3) is 2.06. The highest BCUT2D eigenvalue weighted by atomic mass is 15.6. The molecule has 0 aliphatic heterocycles. The van der Waals surface area contributed by atoms with Crippen LogP contribution in [0.4, 0.5) is 5.82 Å². The molecule has 0 fully saturated rings. The molecule has 104 valence electrons. The van der Waals surface area contributed by atoms with Crippen molar-refractivity contribution < 1.29 is 0 Å². The van der Waals surface area contributed by atoms with Crippen molar-refractivity contribution in [2.45, 2.75) is 13.5 Å². The Kier molecular flexibility index (Phi) is 2.53. The molecule has 4 aromatic rings. The number of tetrazole rings is 1. The number of hydrogen-bond donors (Lipinski definition) is 2. The summed E-state index contributed by atoms with van der Waals surface area (Å²) in [6, 6.07) is 9.72. The van der Waals surface area contributed by atoms with Crippen LogP contribution < -0.4 is 5.32 Å². The van der Waals surface area contributed by atoms with E-state index >= 15 is 0 Å². The molecule has 1 aromatic carbocycles. The molecule has 0 bridgehead atoms. The Bertz CT molecular complexity index is 922. The van der Waals surface area contributed by atoms with Gasteiger partial charge in [0, 0.05) is 0 Å². The number of hydrogen-bond acceptors (Lipinski definition) is 6. The summed E-state index contributed by atoms with van der Waals surface area (Å²) in [6.07, 6.45) is 0. The summed E-state index contributed by atoms with van der Waals surface area (Å²) in [5, 5.41) is 18.6. The van der Waals surface area contributed by atoms with E-state index in [2.05, 4.69) is 35.9 Å². The highest BCUT2D eigenvalue weighted by Gasteiger charge is 2.05. The van der Waals surface area contributed by atoms with Crippen molar-refractivity contribution in [1.29, 1.82) is 0 Å². The summed E-state index contributed by atoms with van der Waals surface area (Å²) < 4.78 is 1.38. The second kappa shape index (κ2) is 4.51. The van der Waals surface area contributed by atoms with Gasteiger partial charge in [-0.3, -0.25) is 0 Å². The first-order chi connectivity index (χ1) is 10.3. The van der Waals surface area contributed by atoms with E-state index in [1.165, 1.54) is 4.63 Å². The maximum atomic E-state index is 4.59. The number of anilines is 1. The number of aromatic nitrogens is 7. The second-order valence-electron chi connectivity index (χ2n) is 4.75. The molecule has 0 saturated heterocycles. The van der Waals surface area contributed by atoms with E-state index in [0.717, 1.165) is 22.4 Å². The lowest BCUT2D eigenvalue weighted by molar-refractivity contribution is 0.733. The fourth-order valence-corrected chi connectivity index (χ4v) is 2.23. The minimum absolute atomic E-state index is 0.550. The largest absolute Gasteiger partial charge is 0.361 e. The first kappa shape index (κ1) is 11.8. The van der Waals surface area contributed by atoms with Crippen LogP contribution in [0.5, 0.6) is 0 Å². The van der Waals surface area contributed by atoms with Gasteiger partial charge in [0.2, 0.25) is 0 Å². The quantitative estimate of drug-likeness (QED) is 0.587. The monoisotopic (exact) mass is 280 g/mol. The fraction of sp³-hybridized carbons (Fsp3) is 0.154. The number of nitrogens with one attached hydrogen (secondary N) is 2. The Morgan fingerprint density at radius 3 is 3.10 bits per heavy atom. The molecule has 0 amide bonds. The van der Waals surface area contributed by atoms with Gasteiger partial charge < -0.3 is 10.3 Å². The van der Waals surface area contributed by atoms with E-state index in [0.29, 0.717) is 18.0 Å². The average molecular weight is 280 g/mol. The summed E-state index contributed by atoms with van der Waals surface area (Å²) in [6.45, 7) is 2.60. The lowest BCUT2D eigenvalue weighted by atomic mass is 10.2. The molecule has 0 unspecified atom stereocenters. The van der Waals surface area contributed by atoms with E-state index < -0.39 is 0 Å². The van der Waals surface area contributed by atoms with Gasteiger partial charge in [-0.25, -0.2) is 4.98 Å². The number of para-hydroxylation sites is 1. The smallest absolute Gasteiger partial charge is 0.200 e. The maximum Gasteiger partial charge on any atom is 0.200 e. The summed E-state index contributed by atoms with van der Waals surface area (Å²) in [4.78, 5) is 7.88. The van der Waals surface area contributed by atoms with Crippen molar-refractivity contribution in [3.63, 3.8) is 0 Å². The van der Waals surface area contributed by atoms with Gasteiger partial charge in [0.15, 0.2) is 5.65 Å². The van der Waals surface area contributed by atoms with Gasteiger partial charge in [-0.05, 0) is 41.1 Å². The molecule has 3 heterocycles. The van der Waals surface area contributed by atoms with Crippen molar-refractivity contribution in [1.82, 2.24) is 35.2 Å². The molecule has 21 heavy (non-hydrogen) atoms. The normalized spacial score (nSPS) is 11.3. The summed E-state index contributed by atoms with van der Waals surface area (Å²) in [5.41, 5.74) is 3.80. The van der Waals surface area contributed by atoms with Crippen LogP contribution in [0.1, 0.15) is 11.4 Å². The molecule has 4 rings (SSSR count). The third-order valence-corrected chi connectivity index (χ3v) is 3.27. The van der Waals surface area contributed by atoms with Gasteiger partial charge in [-0.2, -0.15) is 0 Å². The topological polar surface area (TPSA) is 96.7 Å². The molecular weight excluding hydrogens is 268 g/mol. The number of H-pyrrole nitrogens is 1. The Morgan fingerprint density at radius 2 is 2.19 bits per heavy atom. The molecule has 0 saturated carbocycles. The van der Waals surface area contributed by atoms with Crippen LogP contribution in [-0.2, 0) is 6.54 Å². The zero-order valence-electron chi connectivity index (χ0n) is 11.3. The number of aryl methyl sites for hydroxylation is 1. The van der Waals surface area contributed by atoms with Crippen LogP contribution >= 0.6 is 0 Å². The van der Waals surface area contributed by atoms with Crippen LogP contribution in [0.2, 0.25) is 0 Å². The lowest BCUT2D eigenvalue weighted by Gasteiger charge is -2.02. The van der Waals surface area contributed by atoms with E-state index in [9.17, 15) is 0 Å². The molecule has 0 aliphatic rings. The van der Waals surface area contributed by atoms with Crippen LogP contribution in [0.25, 0.3) is 16.7 Å². The molecule has 3 aromatic heterocycles. The molecule has 0 radical (unpaired) electrons. The van der Waals surface area contributed by atoms with Crippen LogP contribution in [0, 0.1) is 6.92 Å². The van der Waals surface area contributed by atoms with Crippen molar-refractivity contribution in [2.24, 2.45) is 0 Å². The molecule has 0 atom stereocenters. The van der Waals surface area contributed by atoms with E-state index in [1.807, 2.05) is 31.2 Å². The molecular formula is C13H12N8. The van der Waals surface area contributed by atoms with E-state index in [-0.39, 0.29) is 0 Å². The second-order valence-corrected chi connectivity index (χ2v) is 4.75. The first-order valence-corrected chi connectivity index (χ1v) is 6.53. The number of fused-ring (bicyclic) bond motifs is 2. The minimum Gasteiger partial charge on any atom is -0.361 e. The molecule has 8 heteroatoms. The number of rotatable bonds is 3. The molecule has 8 nitrogen and oxygen atoms in total. The minimum atomic E-state index is 0.550. The van der Waals surface area contributed by atoms with Gasteiger partial charge in [0.05, 0.1) is 17.6 Å². The van der Waals surface area contributed by atoms with Crippen LogP contribution in [0.15, 0.2) is 30.3 Å². The Morgan fingerprint density at radius 1 is 1.24 bits per heavy atom. The molecule has 0 spiro atoms. The molecule has 2 N–H and O–H groups in total. The van der Waals surface area contributed by atoms with Gasteiger partial charge in [0.25, 0.3) is 0 Å².